The summed E-state index contributed by atoms with van der Waals surface area (Å²) in [7, 11) is 0. The van der Waals surface area contributed by atoms with Gasteiger partial charge in [-0.05, 0) is 35.9 Å². The van der Waals surface area contributed by atoms with Crippen LogP contribution in [-0.4, -0.2) is 16.0 Å². The molecule has 0 radical (unpaired) electrons. The van der Waals surface area contributed by atoms with Crippen LogP contribution in [0.25, 0.3) is 10.2 Å². The van der Waals surface area contributed by atoms with Gasteiger partial charge in [-0.1, -0.05) is 26.7 Å². The molecule has 3 nitrogen and oxygen atoms in total. The van der Waals surface area contributed by atoms with E-state index in [1.807, 2.05) is 11.4 Å². The zero-order chi connectivity index (χ0) is 13.1. The van der Waals surface area contributed by atoms with Crippen LogP contribution >= 0.6 is 22.9 Å². The number of nitrogens with zero attached hydrogens (tertiary/aromatic N) is 2. The molecule has 18 heavy (non-hydrogen) atoms. The normalized spacial score (nSPS) is 13.2. The second kappa shape index (κ2) is 5.85. The van der Waals surface area contributed by atoms with E-state index >= 15 is 0 Å². The third kappa shape index (κ3) is 2.75. The highest BCUT2D eigenvalue weighted by Crippen LogP contribution is 2.28. The number of halogens is 1. The summed E-state index contributed by atoms with van der Waals surface area (Å²) in [6.45, 7) is 6.64. The van der Waals surface area contributed by atoms with Crippen molar-refractivity contribution in [3.05, 3.63) is 16.7 Å². The lowest BCUT2D eigenvalue weighted by Crippen LogP contribution is -2.25. The SMILES string of the molecule is CCC(CC)C(C)Nc1nc(Cl)nc2sccc12. The molecule has 0 spiro atoms. The van der Waals surface area contributed by atoms with E-state index in [1.54, 1.807) is 11.3 Å². The van der Waals surface area contributed by atoms with Crippen LogP contribution < -0.4 is 5.32 Å². The largest absolute Gasteiger partial charge is 0.367 e. The maximum absolute atomic E-state index is 5.96. The standard InChI is InChI=1S/C13H18ClN3S/c1-4-9(5-2)8(3)15-11-10-6-7-18-12(10)17-13(14)16-11/h6-9H,4-5H2,1-3H3,(H,15,16,17). The van der Waals surface area contributed by atoms with Gasteiger partial charge in [-0.15, -0.1) is 11.3 Å². The monoisotopic (exact) mass is 283 g/mol. The van der Waals surface area contributed by atoms with Gasteiger partial charge in [-0.2, -0.15) is 0 Å². The molecule has 0 fully saturated rings. The van der Waals surface area contributed by atoms with Gasteiger partial charge in [0.05, 0.1) is 5.39 Å². The molecule has 0 aromatic carbocycles. The zero-order valence-electron chi connectivity index (χ0n) is 10.9. The third-order valence-electron chi connectivity index (χ3n) is 3.42. The molecule has 1 unspecified atom stereocenters. The molecule has 98 valence electrons. The smallest absolute Gasteiger partial charge is 0.225 e. The Balaban J connectivity index is 2.28. The fraction of sp³-hybridized carbons (Fsp3) is 0.538. The highest BCUT2D eigenvalue weighted by atomic mass is 35.5. The van der Waals surface area contributed by atoms with Gasteiger partial charge < -0.3 is 5.32 Å². The lowest BCUT2D eigenvalue weighted by atomic mass is 9.95. The maximum Gasteiger partial charge on any atom is 0.225 e. The molecule has 0 aliphatic rings. The number of aromatic nitrogens is 2. The van der Waals surface area contributed by atoms with Crippen molar-refractivity contribution in [2.75, 3.05) is 5.32 Å². The van der Waals surface area contributed by atoms with Crippen LogP contribution in [0.4, 0.5) is 5.82 Å². The van der Waals surface area contributed by atoms with Gasteiger partial charge >= 0.3 is 0 Å². The first-order valence-corrected chi connectivity index (χ1v) is 7.58. The predicted octanol–water partition coefficient (Wildman–Crippen LogP) is 4.58. The first-order chi connectivity index (χ1) is 8.65. The van der Waals surface area contributed by atoms with Crippen molar-refractivity contribution < 1.29 is 0 Å². The molecule has 0 saturated carbocycles. The average Bonchev–Trinajstić information content (AvgIpc) is 2.78. The van der Waals surface area contributed by atoms with Crippen molar-refractivity contribution in [1.82, 2.24) is 9.97 Å². The molecule has 2 aromatic heterocycles. The Kier molecular flexibility index (Phi) is 4.40. The van der Waals surface area contributed by atoms with Crippen LogP contribution in [0.5, 0.6) is 0 Å². The van der Waals surface area contributed by atoms with E-state index in [0.29, 0.717) is 17.2 Å². The van der Waals surface area contributed by atoms with Crippen LogP contribution in [0.1, 0.15) is 33.6 Å². The molecule has 2 aromatic rings. The van der Waals surface area contributed by atoms with Gasteiger partial charge in [-0.3, -0.25) is 0 Å². The summed E-state index contributed by atoms with van der Waals surface area (Å²) >= 11 is 7.54. The average molecular weight is 284 g/mol. The number of hydrogen-bond acceptors (Lipinski definition) is 4. The van der Waals surface area contributed by atoms with E-state index < -0.39 is 0 Å². The Morgan fingerprint density at radius 3 is 2.72 bits per heavy atom. The molecule has 1 atom stereocenters. The van der Waals surface area contributed by atoms with Crippen molar-refractivity contribution in [3.8, 4) is 0 Å². The first kappa shape index (κ1) is 13.6. The van der Waals surface area contributed by atoms with E-state index in [-0.39, 0.29) is 0 Å². The molecule has 0 saturated heterocycles. The summed E-state index contributed by atoms with van der Waals surface area (Å²) in [5, 5.41) is 6.87. The molecule has 5 heteroatoms. The van der Waals surface area contributed by atoms with E-state index in [9.17, 15) is 0 Å². The molecule has 0 aliphatic heterocycles. The molecule has 0 bridgehead atoms. The minimum atomic E-state index is 0.309. The van der Waals surface area contributed by atoms with Gasteiger partial charge in [0.1, 0.15) is 10.6 Å². The lowest BCUT2D eigenvalue weighted by molar-refractivity contribution is 0.437. The number of nitrogens with one attached hydrogen (secondary N) is 1. The van der Waals surface area contributed by atoms with Gasteiger partial charge in [0.15, 0.2) is 0 Å². The quantitative estimate of drug-likeness (QED) is 0.816. The van der Waals surface area contributed by atoms with Gasteiger partial charge in [0.2, 0.25) is 5.28 Å². The predicted molar refractivity (Wildman–Crippen MR) is 79.6 cm³/mol. The Morgan fingerprint density at radius 1 is 1.33 bits per heavy atom. The summed E-state index contributed by atoms with van der Waals surface area (Å²) < 4.78 is 0. The Bertz CT molecular complexity index is 522. The Hall–Kier alpha value is -0.870. The molecule has 0 aliphatic carbocycles. The van der Waals surface area contributed by atoms with Crippen molar-refractivity contribution in [2.24, 2.45) is 5.92 Å². The van der Waals surface area contributed by atoms with E-state index in [4.69, 9.17) is 11.6 Å². The number of fused-ring (bicyclic) bond motifs is 1. The van der Waals surface area contributed by atoms with Crippen molar-refractivity contribution in [2.45, 2.75) is 39.7 Å². The van der Waals surface area contributed by atoms with Crippen LogP contribution in [0.15, 0.2) is 11.4 Å². The van der Waals surface area contributed by atoms with E-state index in [1.165, 1.54) is 0 Å². The highest BCUT2D eigenvalue weighted by molar-refractivity contribution is 7.16. The van der Waals surface area contributed by atoms with E-state index in [2.05, 4.69) is 36.1 Å². The first-order valence-electron chi connectivity index (χ1n) is 6.33. The Labute approximate surface area is 117 Å². The summed E-state index contributed by atoms with van der Waals surface area (Å²) in [6.07, 6.45) is 2.33. The summed E-state index contributed by atoms with van der Waals surface area (Å²) in [4.78, 5) is 9.48. The Morgan fingerprint density at radius 2 is 2.06 bits per heavy atom. The number of rotatable bonds is 5. The van der Waals surface area contributed by atoms with Crippen molar-refractivity contribution >= 4 is 39.0 Å². The topological polar surface area (TPSA) is 37.8 Å². The number of anilines is 1. The van der Waals surface area contributed by atoms with Crippen LogP contribution in [0.3, 0.4) is 0 Å². The van der Waals surface area contributed by atoms with Gasteiger partial charge in [0, 0.05) is 6.04 Å². The molecule has 2 heterocycles. The second-order valence-corrected chi connectivity index (χ2v) is 5.72. The van der Waals surface area contributed by atoms with Crippen LogP contribution in [0.2, 0.25) is 5.28 Å². The summed E-state index contributed by atoms with van der Waals surface area (Å²) in [5.41, 5.74) is 0. The number of hydrogen-bond donors (Lipinski definition) is 1. The third-order valence-corrected chi connectivity index (χ3v) is 4.39. The minimum Gasteiger partial charge on any atom is -0.367 e. The minimum absolute atomic E-state index is 0.309. The van der Waals surface area contributed by atoms with Crippen LogP contribution in [0, 0.1) is 5.92 Å². The van der Waals surface area contributed by atoms with E-state index in [0.717, 1.165) is 28.9 Å². The molecule has 1 N–H and O–H groups in total. The van der Waals surface area contributed by atoms with Gasteiger partial charge in [0.25, 0.3) is 0 Å². The molecule has 2 rings (SSSR count). The van der Waals surface area contributed by atoms with Gasteiger partial charge in [-0.25, -0.2) is 9.97 Å². The van der Waals surface area contributed by atoms with Crippen LogP contribution in [-0.2, 0) is 0 Å². The van der Waals surface area contributed by atoms with Crippen molar-refractivity contribution in [1.29, 1.82) is 0 Å². The summed E-state index contributed by atoms with van der Waals surface area (Å²) in [5.74, 6) is 1.50. The fourth-order valence-corrected chi connectivity index (χ4v) is 3.25. The highest BCUT2D eigenvalue weighted by Gasteiger charge is 2.16. The fourth-order valence-electron chi connectivity index (χ4n) is 2.27. The zero-order valence-corrected chi connectivity index (χ0v) is 12.5. The maximum atomic E-state index is 5.96. The molecule has 0 amide bonds. The molecular weight excluding hydrogens is 266 g/mol. The molecular formula is C13H18ClN3S. The van der Waals surface area contributed by atoms with Crippen molar-refractivity contribution in [3.63, 3.8) is 0 Å². The lowest BCUT2D eigenvalue weighted by Gasteiger charge is -2.23. The second-order valence-electron chi connectivity index (χ2n) is 4.49. The number of thiophene rings is 1. The summed E-state index contributed by atoms with van der Waals surface area (Å²) in [6, 6.07) is 2.42.